The lowest BCUT2D eigenvalue weighted by molar-refractivity contribution is -0.00475. The number of para-hydroxylation sites is 1. The second-order valence-electron chi connectivity index (χ2n) is 9.52. The molecular formula is C25H38N4O. The number of hydrogen-bond acceptors (Lipinski definition) is 2. The van der Waals surface area contributed by atoms with Gasteiger partial charge in [-0.05, 0) is 71.2 Å². The van der Waals surface area contributed by atoms with E-state index >= 15 is 0 Å². The highest BCUT2D eigenvalue weighted by Gasteiger charge is 2.52. The van der Waals surface area contributed by atoms with Crippen LogP contribution in [0.5, 0.6) is 0 Å². The maximum Gasteiger partial charge on any atom is 0.318 e. The molecule has 2 amide bonds. The highest BCUT2D eigenvalue weighted by Crippen LogP contribution is 2.51. The van der Waals surface area contributed by atoms with Gasteiger partial charge in [-0.2, -0.15) is 0 Å². The summed E-state index contributed by atoms with van der Waals surface area (Å²) in [6.45, 7) is 5.75. The van der Waals surface area contributed by atoms with Crippen LogP contribution in [0.25, 0.3) is 10.9 Å². The minimum Gasteiger partial charge on any atom is -0.356 e. The van der Waals surface area contributed by atoms with Crippen LogP contribution in [0, 0.1) is 0 Å². The molecule has 2 heterocycles. The van der Waals surface area contributed by atoms with Crippen molar-refractivity contribution in [1.29, 1.82) is 0 Å². The van der Waals surface area contributed by atoms with Crippen LogP contribution in [-0.4, -0.2) is 53.5 Å². The molecule has 2 N–H and O–H groups in total. The van der Waals surface area contributed by atoms with E-state index < -0.39 is 0 Å². The highest BCUT2D eigenvalue weighted by atomic mass is 16.2. The molecule has 5 nitrogen and oxygen atoms in total. The van der Waals surface area contributed by atoms with E-state index in [1.165, 1.54) is 41.4 Å². The molecule has 0 unspecified atom stereocenters. The number of nitrogens with zero attached hydrogens (tertiary/aromatic N) is 2. The van der Waals surface area contributed by atoms with Gasteiger partial charge in [-0.15, -0.1) is 0 Å². The van der Waals surface area contributed by atoms with E-state index in [1.807, 2.05) is 6.92 Å². The van der Waals surface area contributed by atoms with E-state index in [2.05, 4.69) is 65.4 Å². The molecule has 164 valence electrons. The Balaban J connectivity index is 1.75. The molecule has 0 saturated heterocycles. The average Bonchev–Trinajstić information content (AvgIpc) is 3.14. The summed E-state index contributed by atoms with van der Waals surface area (Å²) in [6.07, 6.45) is 8.97. The van der Waals surface area contributed by atoms with Crippen LogP contribution in [0.1, 0.15) is 70.1 Å². The Labute approximate surface area is 181 Å². The van der Waals surface area contributed by atoms with Crippen molar-refractivity contribution in [2.24, 2.45) is 0 Å². The molecular weight excluding hydrogens is 372 g/mol. The van der Waals surface area contributed by atoms with E-state index in [1.54, 1.807) is 0 Å². The molecule has 0 radical (unpaired) electrons. The van der Waals surface area contributed by atoms with Gasteiger partial charge < -0.3 is 20.1 Å². The lowest BCUT2D eigenvalue weighted by Gasteiger charge is -2.55. The van der Waals surface area contributed by atoms with E-state index in [4.69, 9.17) is 0 Å². The molecule has 1 saturated carbocycles. The number of carbonyl (C=O) groups is 1. The van der Waals surface area contributed by atoms with E-state index in [-0.39, 0.29) is 17.1 Å². The van der Waals surface area contributed by atoms with Crippen LogP contribution in [0.3, 0.4) is 0 Å². The van der Waals surface area contributed by atoms with Gasteiger partial charge in [0.05, 0.1) is 5.54 Å². The summed E-state index contributed by atoms with van der Waals surface area (Å²) in [6, 6.07) is 8.72. The zero-order chi connectivity index (χ0) is 21.4. The van der Waals surface area contributed by atoms with Crippen LogP contribution in [0.15, 0.2) is 24.3 Å². The average molecular weight is 411 g/mol. The first-order chi connectivity index (χ1) is 14.5. The number of hydrogen-bond donors (Lipinski definition) is 2. The van der Waals surface area contributed by atoms with E-state index in [0.29, 0.717) is 6.54 Å². The van der Waals surface area contributed by atoms with Gasteiger partial charge in [-0.3, -0.25) is 0 Å². The number of carbonyl (C=O) groups excluding carboxylic acids is 1. The molecule has 2 aromatic rings. The summed E-state index contributed by atoms with van der Waals surface area (Å²) in [5, 5.41) is 4.42. The maximum atomic E-state index is 13.2. The number of fused-ring (bicyclic) bond motifs is 4. The Morgan fingerprint density at radius 3 is 2.57 bits per heavy atom. The second kappa shape index (κ2) is 8.26. The minimum atomic E-state index is -0.225. The molecule has 30 heavy (non-hydrogen) atoms. The van der Waals surface area contributed by atoms with Gasteiger partial charge in [0, 0.05) is 35.2 Å². The molecule has 4 rings (SSSR count). The van der Waals surface area contributed by atoms with Gasteiger partial charge in [0.1, 0.15) is 0 Å². The highest BCUT2D eigenvalue weighted by molar-refractivity contribution is 5.86. The van der Waals surface area contributed by atoms with Crippen molar-refractivity contribution in [2.75, 3.05) is 27.2 Å². The summed E-state index contributed by atoms with van der Waals surface area (Å²) in [7, 11) is 4.48. The van der Waals surface area contributed by atoms with Crippen LogP contribution >= 0.6 is 0 Å². The topological polar surface area (TPSA) is 51.4 Å². The molecule has 1 fully saturated rings. The monoisotopic (exact) mass is 410 g/mol. The van der Waals surface area contributed by atoms with Crippen LogP contribution in [0.2, 0.25) is 0 Å². The predicted molar refractivity (Wildman–Crippen MR) is 124 cm³/mol. The number of benzene rings is 1. The summed E-state index contributed by atoms with van der Waals surface area (Å²) in [4.78, 5) is 21.5. The Hall–Kier alpha value is -2.01. The van der Waals surface area contributed by atoms with E-state index in [9.17, 15) is 4.79 Å². The third-order valence-corrected chi connectivity index (χ3v) is 7.91. The quantitative estimate of drug-likeness (QED) is 0.727. The Bertz CT molecular complexity index is 892. The molecule has 2 aliphatic rings. The lowest BCUT2D eigenvalue weighted by Crippen LogP contribution is -2.61. The van der Waals surface area contributed by atoms with Crippen molar-refractivity contribution >= 4 is 16.9 Å². The summed E-state index contributed by atoms with van der Waals surface area (Å²) in [5.74, 6) is 0. The molecule has 1 aliphatic carbocycles. The van der Waals surface area contributed by atoms with Crippen molar-refractivity contribution in [2.45, 2.75) is 76.3 Å². The molecule has 1 aliphatic heterocycles. The number of urea groups is 1. The van der Waals surface area contributed by atoms with Crippen LogP contribution in [-0.2, 0) is 12.0 Å². The summed E-state index contributed by atoms with van der Waals surface area (Å²) < 4.78 is 0. The second-order valence-corrected chi connectivity index (χ2v) is 9.52. The molecule has 0 bridgehead atoms. The van der Waals surface area contributed by atoms with Crippen molar-refractivity contribution in [3.63, 3.8) is 0 Å². The normalized spacial score (nSPS) is 26.4. The Morgan fingerprint density at radius 1 is 1.17 bits per heavy atom. The molecule has 1 aromatic carbocycles. The summed E-state index contributed by atoms with van der Waals surface area (Å²) >= 11 is 0. The van der Waals surface area contributed by atoms with Crippen LogP contribution in [0.4, 0.5) is 4.79 Å². The van der Waals surface area contributed by atoms with Gasteiger partial charge in [0.25, 0.3) is 0 Å². The maximum absolute atomic E-state index is 13.2. The fourth-order valence-electron chi connectivity index (χ4n) is 6.05. The van der Waals surface area contributed by atoms with Crippen molar-refractivity contribution in [3.05, 3.63) is 35.5 Å². The lowest BCUT2D eigenvalue weighted by atomic mass is 9.66. The smallest absolute Gasteiger partial charge is 0.318 e. The zero-order valence-corrected chi connectivity index (χ0v) is 19.2. The first-order valence-electron chi connectivity index (χ1n) is 11.8. The van der Waals surface area contributed by atoms with Crippen molar-refractivity contribution in [3.8, 4) is 0 Å². The number of aromatic amines is 1. The van der Waals surface area contributed by atoms with Gasteiger partial charge in [0.15, 0.2) is 0 Å². The Morgan fingerprint density at radius 2 is 1.90 bits per heavy atom. The molecule has 1 spiro atoms. The van der Waals surface area contributed by atoms with Crippen molar-refractivity contribution in [1.82, 2.24) is 20.1 Å². The van der Waals surface area contributed by atoms with Gasteiger partial charge in [-0.1, -0.05) is 38.0 Å². The molecule has 5 heteroatoms. The Kier molecular flexibility index (Phi) is 5.84. The zero-order valence-electron chi connectivity index (χ0n) is 19.2. The minimum absolute atomic E-state index is 0.0905. The number of H-pyrrole nitrogens is 1. The van der Waals surface area contributed by atoms with E-state index in [0.717, 1.165) is 38.6 Å². The number of rotatable bonds is 5. The third-order valence-electron chi connectivity index (χ3n) is 7.91. The van der Waals surface area contributed by atoms with Crippen LogP contribution < -0.4 is 5.32 Å². The first-order valence-corrected chi connectivity index (χ1v) is 11.8. The SMILES string of the molecule is CCCCC1(N(C)C)CCC2(CC1)c1[nH]c3ccccc3c1CCN2C(=O)NCC. The number of amides is 2. The van der Waals surface area contributed by atoms with Gasteiger partial charge in [0.2, 0.25) is 0 Å². The molecule has 0 atom stereocenters. The largest absolute Gasteiger partial charge is 0.356 e. The fraction of sp³-hybridized carbons (Fsp3) is 0.640. The standard InChI is InChI=1S/C25H38N4O/c1-5-7-13-24(28(3)4)14-16-25(17-15-24)22-20(12-18-29(25)23(30)26-6-2)19-10-8-9-11-21(19)27-22/h8-11,27H,5-7,12-18H2,1-4H3,(H,26,30). The predicted octanol–water partition coefficient (Wildman–Crippen LogP) is 5.02. The third kappa shape index (κ3) is 3.31. The van der Waals surface area contributed by atoms with Gasteiger partial charge >= 0.3 is 6.03 Å². The number of aromatic nitrogens is 1. The fourth-order valence-corrected chi connectivity index (χ4v) is 6.05. The van der Waals surface area contributed by atoms with Gasteiger partial charge in [-0.25, -0.2) is 4.79 Å². The number of nitrogens with one attached hydrogen (secondary N) is 2. The number of unbranched alkanes of at least 4 members (excludes halogenated alkanes) is 1. The summed E-state index contributed by atoms with van der Waals surface area (Å²) in [5.41, 5.74) is 3.95. The first kappa shape index (κ1) is 21.2. The van der Waals surface area contributed by atoms with Crippen molar-refractivity contribution < 1.29 is 4.79 Å². The molecule has 1 aromatic heterocycles.